The number of carbonyl (C=O) groups is 1. The summed E-state index contributed by atoms with van der Waals surface area (Å²) < 4.78 is 51.3. The number of rotatable bonds is 6. The van der Waals surface area contributed by atoms with Gasteiger partial charge in [-0.3, -0.25) is 9.69 Å². The zero-order valence-corrected chi connectivity index (χ0v) is 20.2. The number of hydrogen-bond donors (Lipinski definition) is 1. The lowest BCUT2D eigenvalue weighted by Crippen LogP contribution is -2.54. The Labute approximate surface area is 191 Å². The minimum atomic E-state index is -3.74. The van der Waals surface area contributed by atoms with Gasteiger partial charge in [-0.2, -0.15) is 0 Å². The standard InChI is InChI=1S/C22H33N3O5S2/c1-31(27,28)20-9-11-21(12-10-20)32(29,30)23-18-7-5-17(6-8-18)22(26)25-15-13-24(14-16-25)19-3-2-4-19/h9-12,17-19,23H,2-8,13-16H2,1H3/t17-,18-. The average Bonchev–Trinajstić information content (AvgIpc) is 2.72. The molecule has 1 saturated heterocycles. The lowest BCUT2D eigenvalue weighted by atomic mass is 9.85. The molecule has 1 N–H and O–H groups in total. The third kappa shape index (κ3) is 5.35. The van der Waals surface area contributed by atoms with Gasteiger partial charge in [0.1, 0.15) is 0 Å². The minimum absolute atomic E-state index is 0.0277. The third-order valence-electron chi connectivity index (χ3n) is 7.18. The molecule has 1 aromatic rings. The quantitative estimate of drug-likeness (QED) is 0.660. The molecule has 4 rings (SSSR count). The summed E-state index contributed by atoms with van der Waals surface area (Å²) in [5.74, 6) is 0.191. The summed E-state index contributed by atoms with van der Waals surface area (Å²) in [6.45, 7) is 3.52. The van der Waals surface area contributed by atoms with Gasteiger partial charge in [0.25, 0.3) is 0 Å². The molecule has 3 fully saturated rings. The Morgan fingerprint density at radius 1 is 0.844 bits per heavy atom. The molecule has 178 valence electrons. The fourth-order valence-corrected chi connectivity index (χ4v) is 6.86. The molecule has 0 aromatic heterocycles. The SMILES string of the molecule is CS(=O)(=O)c1ccc(S(=O)(=O)N[C@H]2CC[C@H](C(=O)N3CCN(C4CCC4)CC3)CC2)cc1. The molecular formula is C22H33N3O5S2. The zero-order chi connectivity index (χ0) is 22.9. The predicted molar refractivity (Wildman–Crippen MR) is 121 cm³/mol. The number of carbonyl (C=O) groups excluding carboxylic acids is 1. The number of amides is 1. The van der Waals surface area contributed by atoms with Gasteiger partial charge in [0, 0.05) is 50.4 Å². The average molecular weight is 484 g/mol. The molecule has 8 nitrogen and oxygen atoms in total. The van der Waals surface area contributed by atoms with Crippen molar-refractivity contribution in [2.75, 3.05) is 32.4 Å². The highest BCUT2D eigenvalue weighted by molar-refractivity contribution is 7.90. The molecule has 0 unspecified atom stereocenters. The summed E-state index contributed by atoms with van der Waals surface area (Å²) in [5.41, 5.74) is 0. The second kappa shape index (κ2) is 9.40. The van der Waals surface area contributed by atoms with Crippen LogP contribution < -0.4 is 4.72 Å². The predicted octanol–water partition coefficient (Wildman–Crippen LogP) is 1.62. The van der Waals surface area contributed by atoms with Crippen LogP contribution in [0.5, 0.6) is 0 Å². The molecule has 1 amide bonds. The Bertz CT molecular complexity index is 1020. The van der Waals surface area contributed by atoms with Crippen LogP contribution in [0.15, 0.2) is 34.1 Å². The fourth-order valence-electron chi connectivity index (χ4n) is 4.93. The molecule has 0 spiro atoms. The van der Waals surface area contributed by atoms with Gasteiger partial charge in [-0.1, -0.05) is 6.42 Å². The summed E-state index contributed by atoms with van der Waals surface area (Å²) >= 11 is 0. The number of nitrogens with one attached hydrogen (secondary N) is 1. The number of hydrogen-bond acceptors (Lipinski definition) is 6. The maximum atomic E-state index is 13.0. The van der Waals surface area contributed by atoms with Gasteiger partial charge < -0.3 is 4.90 Å². The van der Waals surface area contributed by atoms with Crippen molar-refractivity contribution in [3.05, 3.63) is 24.3 Å². The summed E-state index contributed by atoms with van der Waals surface area (Å²) in [4.78, 5) is 17.6. The van der Waals surface area contributed by atoms with Gasteiger partial charge >= 0.3 is 0 Å². The Morgan fingerprint density at radius 3 is 1.91 bits per heavy atom. The Morgan fingerprint density at radius 2 is 1.41 bits per heavy atom. The maximum Gasteiger partial charge on any atom is 0.240 e. The topological polar surface area (TPSA) is 104 Å². The molecule has 1 aromatic carbocycles. The molecule has 0 bridgehead atoms. The van der Waals surface area contributed by atoms with Crippen LogP contribution in [0.25, 0.3) is 0 Å². The molecular weight excluding hydrogens is 450 g/mol. The summed E-state index contributed by atoms with van der Waals surface area (Å²) in [7, 11) is -7.11. The first-order chi connectivity index (χ1) is 15.1. The van der Waals surface area contributed by atoms with Crippen LogP contribution >= 0.6 is 0 Å². The van der Waals surface area contributed by atoms with Crippen molar-refractivity contribution in [3.8, 4) is 0 Å². The lowest BCUT2D eigenvalue weighted by molar-refractivity contribution is -0.139. The van der Waals surface area contributed by atoms with Crippen LogP contribution in [0.4, 0.5) is 0 Å². The van der Waals surface area contributed by atoms with Gasteiger partial charge in [0.2, 0.25) is 15.9 Å². The number of sulfonamides is 1. The van der Waals surface area contributed by atoms with E-state index in [2.05, 4.69) is 9.62 Å². The van der Waals surface area contributed by atoms with E-state index in [0.717, 1.165) is 38.5 Å². The highest BCUT2D eigenvalue weighted by Crippen LogP contribution is 2.29. The first-order valence-electron chi connectivity index (χ1n) is 11.5. The van der Waals surface area contributed by atoms with E-state index in [1.54, 1.807) is 0 Å². The van der Waals surface area contributed by atoms with Gasteiger partial charge in [0.05, 0.1) is 9.79 Å². The molecule has 0 radical (unpaired) electrons. The normalized spacial score (nSPS) is 26.0. The molecule has 3 aliphatic rings. The smallest absolute Gasteiger partial charge is 0.240 e. The Hall–Kier alpha value is -1.49. The number of sulfone groups is 1. The van der Waals surface area contributed by atoms with Gasteiger partial charge in [-0.15, -0.1) is 0 Å². The molecule has 0 atom stereocenters. The van der Waals surface area contributed by atoms with Crippen LogP contribution in [0, 0.1) is 5.92 Å². The highest BCUT2D eigenvalue weighted by atomic mass is 32.2. The molecule has 2 aliphatic carbocycles. The second-order valence-corrected chi connectivity index (χ2v) is 13.1. The van der Waals surface area contributed by atoms with E-state index in [9.17, 15) is 21.6 Å². The third-order valence-corrected chi connectivity index (χ3v) is 9.84. The second-order valence-electron chi connectivity index (χ2n) is 9.36. The van der Waals surface area contributed by atoms with E-state index in [1.165, 1.54) is 43.5 Å². The first-order valence-corrected chi connectivity index (χ1v) is 14.9. The summed E-state index contributed by atoms with van der Waals surface area (Å²) in [6.07, 6.45) is 7.60. The number of piperazine rings is 1. The van der Waals surface area contributed by atoms with E-state index < -0.39 is 19.9 Å². The fraction of sp³-hybridized carbons (Fsp3) is 0.682. The summed E-state index contributed by atoms with van der Waals surface area (Å²) in [5, 5.41) is 0. The van der Waals surface area contributed by atoms with Crippen molar-refractivity contribution >= 4 is 25.8 Å². The van der Waals surface area contributed by atoms with Crippen LogP contribution in [-0.2, 0) is 24.7 Å². The van der Waals surface area contributed by atoms with Gasteiger partial charge in [0.15, 0.2) is 9.84 Å². The molecule has 2 saturated carbocycles. The van der Waals surface area contributed by atoms with E-state index >= 15 is 0 Å². The van der Waals surface area contributed by atoms with Crippen molar-refractivity contribution in [2.45, 2.75) is 66.8 Å². The minimum Gasteiger partial charge on any atom is -0.340 e. The van der Waals surface area contributed by atoms with Gasteiger partial charge in [-0.25, -0.2) is 21.6 Å². The maximum absolute atomic E-state index is 13.0. The van der Waals surface area contributed by atoms with E-state index in [1.807, 2.05) is 4.90 Å². The van der Waals surface area contributed by atoms with Crippen molar-refractivity contribution in [3.63, 3.8) is 0 Å². The Balaban J connectivity index is 1.26. The zero-order valence-electron chi connectivity index (χ0n) is 18.6. The molecule has 1 heterocycles. The van der Waals surface area contributed by atoms with Crippen LogP contribution in [0.2, 0.25) is 0 Å². The van der Waals surface area contributed by atoms with Gasteiger partial charge in [-0.05, 0) is 62.8 Å². The highest BCUT2D eigenvalue weighted by Gasteiger charge is 2.34. The van der Waals surface area contributed by atoms with E-state index in [-0.39, 0.29) is 27.7 Å². The largest absolute Gasteiger partial charge is 0.340 e. The van der Waals surface area contributed by atoms with Crippen molar-refractivity contribution in [1.82, 2.24) is 14.5 Å². The summed E-state index contributed by atoms with van der Waals surface area (Å²) in [6, 6.07) is 5.76. The van der Waals surface area contributed by atoms with Crippen LogP contribution in [0.3, 0.4) is 0 Å². The van der Waals surface area contributed by atoms with Crippen molar-refractivity contribution in [2.24, 2.45) is 5.92 Å². The van der Waals surface area contributed by atoms with Crippen molar-refractivity contribution in [1.29, 1.82) is 0 Å². The number of nitrogens with zero attached hydrogens (tertiary/aromatic N) is 2. The Kier molecular flexibility index (Phi) is 6.95. The monoisotopic (exact) mass is 483 g/mol. The number of benzene rings is 1. The molecule has 10 heteroatoms. The molecule has 1 aliphatic heterocycles. The van der Waals surface area contributed by atoms with Crippen LogP contribution in [-0.4, -0.2) is 77.1 Å². The van der Waals surface area contributed by atoms with E-state index in [0.29, 0.717) is 25.7 Å². The van der Waals surface area contributed by atoms with Crippen LogP contribution in [0.1, 0.15) is 44.9 Å². The molecule has 32 heavy (non-hydrogen) atoms. The first kappa shape index (κ1) is 23.7. The van der Waals surface area contributed by atoms with Crippen molar-refractivity contribution < 1.29 is 21.6 Å². The van der Waals surface area contributed by atoms with E-state index in [4.69, 9.17) is 0 Å². The lowest BCUT2D eigenvalue weighted by Gasteiger charge is -2.44.